The number of rotatable bonds is 6. The van der Waals surface area contributed by atoms with Gasteiger partial charge in [-0.2, -0.15) is 5.10 Å². The van der Waals surface area contributed by atoms with Crippen molar-refractivity contribution in [1.29, 1.82) is 0 Å². The van der Waals surface area contributed by atoms with Crippen LogP contribution in [0.4, 0.5) is 11.8 Å². The Kier molecular flexibility index (Phi) is 5.15. The fourth-order valence-corrected chi connectivity index (χ4v) is 5.23. The van der Waals surface area contributed by atoms with Crippen LogP contribution < -0.4 is 5.32 Å². The summed E-state index contributed by atoms with van der Waals surface area (Å²) < 4.78 is 1.82. The van der Waals surface area contributed by atoms with Gasteiger partial charge in [0.1, 0.15) is 16.5 Å². The first-order valence-corrected chi connectivity index (χ1v) is 12.5. The number of aliphatic hydroxyl groups is 1. The number of nitrogens with zero attached hydrogens (tertiary/aromatic N) is 6. The molecule has 3 aromatic heterocycles. The second kappa shape index (κ2) is 8.24. The number of nitrogens with one attached hydrogen (secondary N) is 1. The monoisotopic (exact) mass is 487 g/mol. The molecule has 1 unspecified atom stereocenters. The molecule has 4 aromatic rings. The number of anilines is 2. The molecule has 0 spiro atoms. The van der Waals surface area contributed by atoms with E-state index in [-0.39, 0.29) is 5.91 Å². The Morgan fingerprint density at radius 3 is 2.77 bits per heavy atom. The van der Waals surface area contributed by atoms with Gasteiger partial charge in [0.25, 0.3) is 5.91 Å². The molecule has 2 N–H and O–H groups in total. The molecule has 178 valence electrons. The van der Waals surface area contributed by atoms with Crippen LogP contribution in [0.15, 0.2) is 48.0 Å². The van der Waals surface area contributed by atoms with Gasteiger partial charge in [0.15, 0.2) is 5.60 Å². The number of amides is 1. The van der Waals surface area contributed by atoms with E-state index in [1.807, 2.05) is 41.4 Å². The van der Waals surface area contributed by atoms with Gasteiger partial charge in [-0.3, -0.25) is 9.48 Å². The summed E-state index contributed by atoms with van der Waals surface area (Å²) in [6.45, 7) is 0.533. The molecule has 4 heterocycles. The summed E-state index contributed by atoms with van der Waals surface area (Å²) in [4.78, 5) is 27.9. The molecule has 1 saturated heterocycles. The second-order valence-electron chi connectivity index (χ2n) is 9.20. The minimum atomic E-state index is -1.48. The number of carbonyl (C=O) groups excluding carboxylic acids is 1. The van der Waals surface area contributed by atoms with Crippen molar-refractivity contribution in [1.82, 2.24) is 29.6 Å². The van der Waals surface area contributed by atoms with Crippen LogP contribution in [0.2, 0.25) is 0 Å². The summed E-state index contributed by atoms with van der Waals surface area (Å²) in [6.07, 6.45) is 4.49. The molecular weight excluding hydrogens is 462 g/mol. The molecule has 1 aromatic carbocycles. The zero-order chi connectivity index (χ0) is 24.2. The van der Waals surface area contributed by atoms with Crippen LogP contribution in [0.5, 0.6) is 0 Å². The van der Waals surface area contributed by atoms with Gasteiger partial charge < -0.3 is 15.3 Å². The molecule has 1 saturated carbocycles. The van der Waals surface area contributed by atoms with Crippen LogP contribution in [0.1, 0.15) is 36.4 Å². The third-order valence-electron chi connectivity index (χ3n) is 6.65. The van der Waals surface area contributed by atoms with E-state index in [0.29, 0.717) is 36.1 Å². The SMILES string of the molecule is CN1CCC(O)(c2cccc(-c3nc(-c4ccnc(Nc5cc(C6CC6)nn5C)n4)cs3)c2)C1=O. The van der Waals surface area contributed by atoms with Gasteiger partial charge >= 0.3 is 0 Å². The number of hydrogen-bond donors (Lipinski definition) is 2. The molecule has 1 aliphatic carbocycles. The largest absolute Gasteiger partial charge is 0.375 e. The molecular formula is C25H25N7O2S. The topological polar surface area (TPSA) is 109 Å². The normalized spacial score (nSPS) is 20.0. The lowest BCUT2D eigenvalue weighted by molar-refractivity contribution is -0.143. The molecule has 9 nitrogen and oxygen atoms in total. The van der Waals surface area contributed by atoms with Crippen molar-refractivity contribution in [2.24, 2.45) is 7.05 Å². The number of likely N-dealkylation sites (tertiary alicyclic amines) is 1. The Balaban J connectivity index is 1.25. The fourth-order valence-electron chi connectivity index (χ4n) is 4.42. The molecule has 10 heteroatoms. The molecule has 1 atom stereocenters. The Labute approximate surface area is 206 Å². The van der Waals surface area contributed by atoms with E-state index >= 15 is 0 Å². The van der Waals surface area contributed by atoms with Gasteiger partial charge in [0.2, 0.25) is 5.95 Å². The van der Waals surface area contributed by atoms with Crippen LogP contribution in [0.3, 0.4) is 0 Å². The van der Waals surface area contributed by atoms with Crippen molar-refractivity contribution >= 4 is 29.0 Å². The highest BCUT2D eigenvalue weighted by Crippen LogP contribution is 2.40. The lowest BCUT2D eigenvalue weighted by atomic mass is 9.91. The van der Waals surface area contributed by atoms with Gasteiger partial charge in [0, 0.05) is 56.2 Å². The lowest BCUT2D eigenvalue weighted by Gasteiger charge is -2.21. The Bertz CT molecular complexity index is 1430. The van der Waals surface area contributed by atoms with Crippen LogP contribution >= 0.6 is 11.3 Å². The molecule has 0 bridgehead atoms. The summed E-state index contributed by atoms with van der Waals surface area (Å²) in [5.74, 6) is 1.64. The molecule has 2 aliphatic rings. The Hall–Kier alpha value is -3.63. The van der Waals surface area contributed by atoms with Crippen molar-refractivity contribution in [2.45, 2.75) is 30.8 Å². The van der Waals surface area contributed by atoms with Crippen LogP contribution in [-0.4, -0.2) is 54.2 Å². The molecule has 2 fully saturated rings. The number of benzene rings is 1. The zero-order valence-corrected chi connectivity index (χ0v) is 20.3. The van der Waals surface area contributed by atoms with E-state index in [2.05, 4.69) is 26.4 Å². The van der Waals surface area contributed by atoms with Crippen molar-refractivity contribution in [3.63, 3.8) is 0 Å². The highest BCUT2D eigenvalue weighted by Gasteiger charge is 2.45. The highest BCUT2D eigenvalue weighted by molar-refractivity contribution is 7.13. The molecule has 1 amide bonds. The first-order valence-electron chi connectivity index (χ1n) is 11.6. The van der Waals surface area contributed by atoms with Gasteiger partial charge in [-0.15, -0.1) is 11.3 Å². The average molecular weight is 488 g/mol. The minimum Gasteiger partial charge on any atom is -0.375 e. The van der Waals surface area contributed by atoms with E-state index in [0.717, 1.165) is 27.8 Å². The first-order chi connectivity index (χ1) is 16.9. The van der Waals surface area contributed by atoms with E-state index in [1.165, 1.54) is 24.2 Å². The zero-order valence-electron chi connectivity index (χ0n) is 19.5. The third kappa shape index (κ3) is 3.98. The number of thiazole rings is 1. The standard InChI is InChI=1S/C25H25N7O2S/c1-31-11-9-25(34,23(31)33)17-5-3-4-16(12-17)22-27-20(14-35-22)18-8-10-26-24(28-18)29-21-13-19(15-6-7-15)30-32(21)2/h3-5,8,10,12-15,34H,6-7,9,11H2,1-2H3,(H,26,28,29). The van der Waals surface area contributed by atoms with E-state index in [9.17, 15) is 9.90 Å². The van der Waals surface area contributed by atoms with Crippen LogP contribution in [0.25, 0.3) is 22.0 Å². The number of aromatic nitrogens is 5. The second-order valence-corrected chi connectivity index (χ2v) is 10.1. The number of aryl methyl sites for hydroxylation is 1. The quantitative estimate of drug-likeness (QED) is 0.427. The molecule has 0 radical (unpaired) electrons. The third-order valence-corrected chi connectivity index (χ3v) is 7.54. The number of likely N-dealkylation sites (N-methyl/N-ethyl adjacent to an activating group) is 1. The van der Waals surface area contributed by atoms with Gasteiger partial charge in [0.05, 0.1) is 11.4 Å². The Morgan fingerprint density at radius 1 is 1.14 bits per heavy atom. The van der Waals surface area contributed by atoms with Crippen molar-refractivity contribution < 1.29 is 9.90 Å². The molecule has 6 rings (SSSR count). The van der Waals surface area contributed by atoms with Crippen LogP contribution in [-0.2, 0) is 17.4 Å². The highest BCUT2D eigenvalue weighted by atomic mass is 32.1. The number of carbonyl (C=O) groups is 1. The fraction of sp³-hybridized carbons (Fsp3) is 0.320. The molecule has 1 aliphatic heterocycles. The summed E-state index contributed by atoms with van der Waals surface area (Å²) in [6, 6.07) is 11.3. The maximum atomic E-state index is 12.5. The average Bonchev–Trinajstić information content (AvgIpc) is 3.40. The van der Waals surface area contributed by atoms with E-state index < -0.39 is 5.60 Å². The summed E-state index contributed by atoms with van der Waals surface area (Å²) >= 11 is 1.49. The van der Waals surface area contributed by atoms with Crippen molar-refractivity contribution in [2.75, 3.05) is 18.9 Å². The van der Waals surface area contributed by atoms with Crippen molar-refractivity contribution in [3.8, 4) is 22.0 Å². The maximum Gasteiger partial charge on any atom is 0.258 e. The summed E-state index contributed by atoms with van der Waals surface area (Å²) in [5.41, 5.74) is 2.51. The van der Waals surface area contributed by atoms with Gasteiger partial charge in [-0.05, 0) is 30.5 Å². The number of hydrogen-bond acceptors (Lipinski definition) is 8. The Morgan fingerprint density at radius 2 is 2.00 bits per heavy atom. The van der Waals surface area contributed by atoms with Crippen molar-refractivity contribution in [3.05, 3.63) is 59.2 Å². The van der Waals surface area contributed by atoms with Gasteiger partial charge in [-0.25, -0.2) is 15.0 Å². The maximum absolute atomic E-state index is 12.5. The summed E-state index contributed by atoms with van der Waals surface area (Å²) in [5, 5.41) is 21.6. The predicted octanol–water partition coefficient (Wildman–Crippen LogP) is 3.67. The van der Waals surface area contributed by atoms with E-state index in [1.54, 1.807) is 24.2 Å². The first kappa shape index (κ1) is 21.9. The predicted molar refractivity (Wildman–Crippen MR) is 133 cm³/mol. The smallest absolute Gasteiger partial charge is 0.258 e. The van der Waals surface area contributed by atoms with Crippen LogP contribution in [0, 0.1) is 0 Å². The van der Waals surface area contributed by atoms with Gasteiger partial charge in [-0.1, -0.05) is 18.2 Å². The van der Waals surface area contributed by atoms with E-state index in [4.69, 9.17) is 4.98 Å². The summed E-state index contributed by atoms with van der Waals surface area (Å²) in [7, 11) is 3.62. The minimum absolute atomic E-state index is 0.270. The molecule has 35 heavy (non-hydrogen) atoms. The lowest BCUT2D eigenvalue weighted by Crippen LogP contribution is -2.36.